The van der Waals surface area contributed by atoms with Crippen LogP contribution < -0.4 is 4.90 Å². The smallest absolute Gasteiger partial charge is 0.328 e. The number of nitrogens with zero attached hydrogens (tertiary/aromatic N) is 2. The highest BCUT2D eigenvalue weighted by Gasteiger charge is 2.33. The van der Waals surface area contributed by atoms with Gasteiger partial charge in [0.2, 0.25) is 0 Å². The number of rotatable bonds is 3. The van der Waals surface area contributed by atoms with E-state index >= 15 is 0 Å². The molecule has 0 amide bonds. The van der Waals surface area contributed by atoms with Crippen LogP contribution in [-0.2, 0) is 9.53 Å². The molecule has 0 N–H and O–H groups in total. The molecular weight excluding hydrogens is 264 g/mol. The molecule has 0 aliphatic carbocycles. The second-order valence-electron chi connectivity index (χ2n) is 4.35. The third-order valence-electron chi connectivity index (χ3n) is 3.22. The largest absolute Gasteiger partial charge is 0.464 e. The minimum Gasteiger partial charge on any atom is -0.464 e. The zero-order chi connectivity index (χ0) is 13.8. The van der Waals surface area contributed by atoms with Gasteiger partial charge in [0.25, 0.3) is 0 Å². The van der Waals surface area contributed by atoms with Crippen LogP contribution in [0.15, 0.2) is 18.2 Å². The van der Waals surface area contributed by atoms with Crippen LogP contribution in [0.4, 0.5) is 5.69 Å². The van der Waals surface area contributed by atoms with Crippen molar-refractivity contribution in [1.82, 2.24) is 0 Å². The molecule has 0 spiro atoms. The Morgan fingerprint density at radius 3 is 3.11 bits per heavy atom. The second-order valence-corrected chi connectivity index (χ2v) is 4.76. The van der Waals surface area contributed by atoms with Crippen molar-refractivity contribution < 1.29 is 9.53 Å². The molecule has 4 nitrogen and oxygen atoms in total. The highest BCUT2D eigenvalue weighted by atomic mass is 35.5. The molecule has 2 rings (SSSR count). The molecule has 1 atom stereocenters. The first-order chi connectivity index (χ1) is 9.19. The van der Waals surface area contributed by atoms with Crippen molar-refractivity contribution in [3.63, 3.8) is 0 Å². The quantitative estimate of drug-likeness (QED) is 0.798. The third kappa shape index (κ3) is 2.66. The lowest BCUT2D eigenvalue weighted by Crippen LogP contribution is -2.37. The predicted octanol–water partition coefficient (Wildman–Crippen LogP) is 2.74. The summed E-state index contributed by atoms with van der Waals surface area (Å²) in [6, 6.07) is 7.08. The standard InChI is InChI=1S/C14H15ClN2O2/c1-2-19-14(18)13-7-4-8-17(13)12-6-3-5-11(15)10(12)9-16/h3,5-6,13H,2,4,7-8H2,1H3. The first-order valence-electron chi connectivity index (χ1n) is 6.31. The van der Waals surface area contributed by atoms with Crippen molar-refractivity contribution in [2.24, 2.45) is 0 Å². The van der Waals surface area contributed by atoms with Crippen molar-refractivity contribution in [3.05, 3.63) is 28.8 Å². The van der Waals surface area contributed by atoms with Crippen LogP contribution in [0.2, 0.25) is 5.02 Å². The van der Waals surface area contributed by atoms with Crippen molar-refractivity contribution in [2.45, 2.75) is 25.8 Å². The van der Waals surface area contributed by atoms with Gasteiger partial charge in [-0.2, -0.15) is 5.26 Å². The van der Waals surface area contributed by atoms with Crippen LogP contribution in [0, 0.1) is 11.3 Å². The Morgan fingerprint density at radius 2 is 2.42 bits per heavy atom. The molecule has 1 unspecified atom stereocenters. The predicted molar refractivity (Wildman–Crippen MR) is 73.2 cm³/mol. The molecule has 1 aromatic carbocycles. The number of hydrogen-bond acceptors (Lipinski definition) is 4. The molecule has 19 heavy (non-hydrogen) atoms. The number of halogens is 1. The minimum atomic E-state index is -0.314. The Hall–Kier alpha value is -1.73. The SMILES string of the molecule is CCOC(=O)C1CCCN1c1cccc(Cl)c1C#N. The van der Waals surface area contributed by atoms with E-state index in [0.717, 1.165) is 19.4 Å². The molecule has 1 heterocycles. The van der Waals surface area contributed by atoms with Crippen molar-refractivity contribution in [3.8, 4) is 6.07 Å². The van der Waals surface area contributed by atoms with Crippen molar-refractivity contribution in [2.75, 3.05) is 18.1 Å². The normalized spacial score (nSPS) is 18.2. The Labute approximate surface area is 117 Å². The van der Waals surface area contributed by atoms with E-state index in [2.05, 4.69) is 6.07 Å². The molecule has 5 heteroatoms. The lowest BCUT2D eigenvalue weighted by molar-refractivity contribution is -0.144. The van der Waals surface area contributed by atoms with E-state index in [0.29, 0.717) is 22.9 Å². The maximum absolute atomic E-state index is 11.9. The summed E-state index contributed by atoms with van der Waals surface area (Å²) in [6.45, 7) is 2.89. The fourth-order valence-corrected chi connectivity index (χ4v) is 2.61. The maximum Gasteiger partial charge on any atom is 0.328 e. The second kappa shape index (κ2) is 5.94. The summed E-state index contributed by atoms with van der Waals surface area (Å²) >= 11 is 6.03. The van der Waals surface area contributed by atoms with E-state index in [1.807, 2.05) is 11.0 Å². The third-order valence-corrected chi connectivity index (χ3v) is 3.54. The van der Waals surface area contributed by atoms with Crippen LogP contribution in [0.3, 0.4) is 0 Å². The summed E-state index contributed by atoms with van der Waals surface area (Å²) < 4.78 is 5.08. The number of ether oxygens (including phenoxy) is 1. The molecule has 0 saturated carbocycles. The average molecular weight is 279 g/mol. The van der Waals surface area contributed by atoms with Gasteiger partial charge in [0.05, 0.1) is 22.9 Å². The van der Waals surface area contributed by atoms with Gasteiger partial charge in [-0.25, -0.2) is 4.79 Å². The van der Waals surface area contributed by atoms with Crippen molar-refractivity contribution in [1.29, 1.82) is 5.26 Å². The minimum absolute atomic E-state index is 0.233. The van der Waals surface area contributed by atoms with Gasteiger partial charge in [0, 0.05) is 6.54 Å². The summed E-state index contributed by atoms with van der Waals surface area (Å²) in [4.78, 5) is 13.9. The molecule has 1 aromatic rings. The van der Waals surface area contributed by atoms with Crippen LogP contribution in [0.25, 0.3) is 0 Å². The topological polar surface area (TPSA) is 53.3 Å². The molecular formula is C14H15ClN2O2. The Morgan fingerprint density at radius 1 is 1.63 bits per heavy atom. The highest BCUT2D eigenvalue weighted by molar-refractivity contribution is 6.32. The van der Waals surface area contributed by atoms with E-state index in [1.165, 1.54) is 0 Å². The summed E-state index contributed by atoms with van der Waals surface area (Å²) in [5.74, 6) is -0.233. The summed E-state index contributed by atoms with van der Waals surface area (Å²) in [6.07, 6.45) is 1.65. The molecule has 0 bridgehead atoms. The highest BCUT2D eigenvalue weighted by Crippen LogP contribution is 2.32. The maximum atomic E-state index is 11.9. The average Bonchev–Trinajstić information content (AvgIpc) is 2.87. The number of hydrogen-bond donors (Lipinski definition) is 0. The summed E-state index contributed by atoms with van der Waals surface area (Å²) in [5, 5.41) is 9.62. The fraction of sp³-hybridized carbons (Fsp3) is 0.429. The van der Waals surface area contributed by atoms with Gasteiger partial charge < -0.3 is 9.64 Å². The first kappa shape index (κ1) is 13.7. The zero-order valence-electron chi connectivity index (χ0n) is 10.7. The number of carbonyl (C=O) groups is 1. The van der Waals surface area contributed by atoms with Gasteiger partial charge in [-0.05, 0) is 31.9 Å². The summed E-state index contributed by atoms with van der Waals surface area (Å²) in [7, 11) is 0. The molecule has 0 radical (unpaired) electrons. The van der Waals surface area contributed by atoms with Gasteiger partial charge in [0.15, 0.2) is 0 Å². The van der Waals surface area contributed by atoms with E-state index < -0.39 is 0 Å². The van der Waals surface area contributed by atoms with Crippen LogP contribution >= 0.6 is 11.6 Å². The number of nitriles is 1. The Bertz CT molecular complexity index is 525. The number of anilines is 1. The number of benzene rings is 1. The summed E-state index contributed by atoms with van der Waals surface area (Å²) in [5.41, 5.74) is 1.13. The molecule has 1 aliphatic rings. The monoisotopic (exact) mass is 278 g/mol. The number of carbonyl (C=O) groups excluding carboxylic acids is 1. The van der Waals surface area contributed by atoms with Gasteiger partial charge in [0.1, 0.15) is 12.1 Å². The Kier molecular flexibility index (Phi) is 4.28. The van der Waals surface area contributed by atoms with Gasteiger partial charge in [-0.3, -0.25) is 0 Å². The Balaban J connectivity index is 2.33. The lowest BCUT2D eigenvalue weighted by atomic mass is 10.1. The fourth-order valence-electron chi connectivity index (χ4n) is 2.40. The molecule has 1 fully saturated rings. The van der Waals surface area contributed by atoms with E-state index in [1.54, 1.807) is 19.1 Å². The van der Waals surface area contributed by atoms with Gasteiger partial charge in [-0.1, -0.05) is 17.7 Å². The van der Waals surface area contributed by atoms with Crippen molar-refractivity contribution >= 4 is 23.3 Å². The number of esters is 1. The van der Waals surface area contributed by atoms with E-state index in [4.69, 9.17) is 16.3 Å². The molecule has 1 saturated heterocycles. The van der Waals surface area contributed by atoms with Crippen LogP contribution in [0.5, 0.6) is 0 Å². The molecule has 1 aliphatic heterocycles. The first-order valence-corrected chi connectivity index (χ1v) is 6.68. The molecule has 100 valence electrons. The lowest BCUT2D eigenvalue weighted by Gasteiger charge is -2.26. The van der Waals surface area contributed by atoms with Gasteiger partial charge >= 0.3 is 5.97 Å². The zero-order valence-corrected chi connectivity index (χ0v) is 11.5. The van der Waals surface area contributed by atoms with Crippen LogP contribution in [-0.4, -0.2) is 25.2 Å². The van der Waals surface area contributed by atoms with Crippen LogP contribution in [0.1, 0.15) is 25.3 Å². The van der Waals surface area contributed by atoms with E-state index in [9.17, 15) is 10.1 Å². The molecule has 0 aromatic heterocycles. The van der Waals surface area contributed by atoms with Gasteiger partial charge in [-0.15, -0.1) is 0 Å². The van der Waals surface area contributed by atoms with E-state index in [-0.39, 0.29) is 12.0 Å².